The highest BCUT2D eigenvalue weighted by Gasteiger charge is 2.45. The molecule has 2 atom stereocenters. The lowest BCUT2D eigenvalue weighted by atomic mass is 9.90. The van der Waals surface area contributed by atoms with Crippen LogP contribution >= 0.6 is 0 Å². The summed E-state index contributed by atoms with van der Waals surface area (Å²) < 4.78 is 0. The summed E-state index contributed by atoms with van der Waals surface area (Å²) in [5.41, 5.74) is 2.95. The fraction of sp³-hybridized carbons (Fsp3) is 0.263. The summed E-state index contributed by atoms with van der Waals surface area (Å²) in [5.74, 6) is -0.762. The molecule has 112 valence electrons. The summed E-state index contributed by atoms with van der Waals surface area (Å²) in [7, 11) is 0. The molecule has 1 saturated heterocycles. The zero-order chi connectivity index (χ0) is 15.7. The van der Waals surface area contributed by atoms with Crippen LogP contribution in [-0.4, -0.2) is 11.8 Å². The first-order chi connectivity index (χ1) is 10.6. The Hall–Kier alpha value is -2.42. The summed E-state index contributed by atoms with van der Waals surface area (Å²) in [6.45, 7) is 3.88. The number of anilines is 1. The lowest BCUT2D eigenvalue weighted by Gasteiger charge is -2.14. The number of rotatable bonds is 3. The molecule has 3 heteroatoms. The Morgan fingerprint density at radius 3 is 2.18 bits per heavy atom. The van der Waals surface area contributed by atoms with Crippen LogP contribution in [0.2, 0.25) is 0 Å². The molecular weight excluding hydrogens is 274 g/mol. The predicted octanol–water partition coefficient (Wildman–Crippen LogP) is 3.36. The van der Waals surface area contributed by atoms with Gasteiger partial charge in [-0.15, -0.1) is 0 Å². The van der Waals surface area contributed by atoms with Gasteiger partial charge in [0.25, 0.3) is 0 Å². The van der Waals surface area contributed by atoms with Gasteiger partial charge in [0.2, 0.25) is 11.8 Å². The van der Waals surface area contributed by atoms with E-state index >= 15 is 0 Å². The van der Waals surface area contributed by atoms with E-state index in [0.717, 1.165) is 5.56 Å². The molecule has 3 nitrogen and oxygen atoms in total. The number of para-hydroxylation sites is 1. The van der Waals surface area contributed by atoms with E-state index in [1.807, 2.05) is 56.3 Å². The van der Waals surface area contributed by atoms with Crippen LogP contribution in [-0.2, 0) is 16.0 Å². The highest BCUT2D eigenvalue weighted by molar-refractivity contribution is 6.21. The lowest BCUT2D eigenvalue weighted by Crippen LogP contribution is -2.31. The molecule has 1 fully saturated rings. The lowest BCUT2D eigenvalue weighted by molar-refractivity contribution is -0.122. The van der Waals surface area contributed by atoms with Crippen LogP contribution in [0.3, 0.4) is 0 Å². The maximum atomic E-state index is 12.7. The Kier molecular flexibility index (Phi) is 3.80. The Bertz CT molecular complexity index is 691. The number of imide groups is 1. The highest BCUT2D eigenvalue weighted by atomic mass is 16.2. The number of amides is 2. The molecule has 0 saturated carbocycles. The molecule has 0 N–H and O–H groups in total. The normalized spacial score (nSPS) is 21.5. The van der Waals surface area contributed by atoms with E-state index in [9.17, 15) is 9.59 Å². The third-order valence-electron chi connectivity index (χ3n) is 4.34. The van der Waals surface area contributed by atoms with Gasteiger partial charge in [0.05, 0.1) is 11.6 Å². The van der Waals surface area contributed by atoms with Gasteiger partial charge in [-0.25, -0.2) is 0 Å². The smallest absolute Gasteiger partial charge is 0.238 e. The maximum absolute atomic E-state index is 12.7. The SMILES string of the molecule is Cc1ccc(C[C@@H]2C(=O)N(c3ccccc3)C(=O)[C@@H]2C)cc1. The molecule has 0 radical (unpaired) electrons. The summed E-state index contributed by atoms with van der Waals surface area (Å²) >= 11 is 0. The molecular formula is C19H19NO2. The summed E-state index contributed by atoms with van der Waals surface area (Å²) in [6, 6.07) is 17.3. The standard InChI is InChI=1S/C19H19NO2/c1-13-8-10-15(11-9-13)12-17-14(2)18(21)20(19(17)22)16-6-4-3-5-7-16/h3-11,14,17H,12H2,1-2H3/t14-,17+/m1/s1. The zero-order valence-electron chi connectivity index (χ0n) is 12.8. The number of carbonyl (C=O) groups is 2. The molecule has 0 bridgehead atoms. The van der Waals surface area contributed by atoms with E-state index in [1.54, 1.807) is 12.1 Å². The average molecular weight is 293 g/mol. The van der Waals surface area contributed by atoms with Crippen molar-refractivity contribution in [1.82, 2.24) is 0 Å². The van der Waals surface area contributed by atoms with Crippen LogP contribution in [0.15, 0.2) is 54.6 Å². The van der Waals surface area contributed by atoms with Crippen LogP contribution in [0, 0.1) is 18.8 Å². The van der Waals surface area contributed by atoms with E-state index in [2.05, 4.69) is 0 Å². The third-order valence-corrected chi connectivity index (χ3v) is 4.34. The van der Waals surface area contributed by atoms with Crippen LogP contribution in [0.4, 0.5) is 5.69 Å². The minimum absolute atomic E-state index is 0.0933. The number of benzene rings is 2. The Labute approximate surface area is 130 Å². The van der Waals surface area contributed by atoms with Crippen molar-refractivity contribution in [1.29, 1.82) is 0 Å². The van der Waals surface area contributed by atoms with Gasteiger partial charge in [0.15, 0.2) is 0 Å². The van der Waals surface area contributed by atoms with Crippen molar-refractivity contribution in [2.45, 2.75) is 20.3 Å². The van der Waals surface area contributed by atoms with Gasteiger partial charge in [-0.05, 0) is 31.0 Å². The summed E-state index contributed by atoms with van der Waals surface area (Å²) in [6.07, 6.45) is 0.607. The number of nitrogens with zero attached hydrogens (tertiary/aromatic N) is 1. The van der Waals surface area contributed by atoms with Gasteiger partial charge >= 0.3 is 0 Å². The number of aryl methyl sites for hydroxylation is 1. The van der Waals surface area contributed by atoms with Gasteiger partial charge in [0, 0.05) is 5.92 Å². The summed E-state index contributed by atoms with van der Waals surface area (Å²) in [5, 5.41) is 0. The molecule has 0 spiro atoms. The summed E-state index contributed by atoms with van der Waals surface area (Å²) in [4.78, 5) is 26.5. The second-order valence-electron chi connectivity index (χ2n) is 5.93. The predicted molar refractivity (Wildman–Crippen MR) is 86.5 cm³/mol. The first-order valence-electron chi connectivity index (χ1n) is 7.56. The van der Waals surface area contributed by atoms with Gasteiger partial charge in [-0.1, -0.05) is 55.0 Å². The van der Waals surface area contributed by atoms with E-state index in [4.69, 9.17) is 0 Å². The molecule has 1 heterocycles. The van der Waals surface area contributed by atoms with Gasteiger partial charge in [-0.3, -0.25) is 14.5 Å². The topological polar surface area (TPSA) is 37.4 Å². The molecule has 0 aliphatic carbocycles. The molecule has 2 amide bonds. The quantitative estimate of drug-likeness (QED) is 0.814. The van der Waals surface area contributed by atoms with Crippen molar-refractivity contribution in [3.05, 3.63) is 65.7 Å². The molecule has 2 aromatic rings. The third kappa shape index (κ3) is 2.54. The molecule has 3 rings (SSSR count). The fourth-order valence-electron chi connectivity index (χ4n) is 2.94. The molecule has 1 aliphatic rings. The first-order valence-corrected chi connectivity index (χ1v) is 7.56. The number of hydrogen-bond acceptors (Lipinski definition) is 2. The minimum atomic E-state index is -0.283. The highest BCUT2D eigenvalue weighted by Crippen LogP contribution is 2.32. The minimum Gasteiger partial charge on any atom is -0.274 e. The van der Waals surface area contributed by atoms with Crippen LogP contribution < -0.4 is 4.90 Å². The van der Waals surface area contributed by atoms with Gasteiger partial charge < -0.3 is 0 Å². The zero-order valence-corrected chi connectivity index (χ0v) is 12.8. The van der Waals surface area contributed by atoms with Crippen LogP contribution in [0.25, 0.3) is 0 Å². The second kappa shape index (κ2) is 5.76. The van der Waals surface area contributed by atoms with Gasteiger partial charge in [0.1, 0.15) is 0 Å². The van der Waals surface area contributed by atoms with Crippen molar-refractivity contribution in [2.75, 3.05) is 4.90 Å². The van der Waals surface area contributed by atoms with Gasteiger partial charge in [-0.2, -0.15) is 0 Å². The van der Waals surface area contributed by atoms with Crippen LogP contribution in [0.5, 0.6) is 0 Å². The van der Waals surface area contributed by atoms with Crippen molar-refractivity contribution in [3.8, 4) is 0 Å². The van der Waals surface area contributed by atoms with E-state index in [-0.39, 0.29) is 23.7 Å². The molecule has 2 aromatic carbocycles. The molecule has 1 aliphatic heterocycles. The fourth-order valence-corrected chi connectivity index (χ4v) is 2.94. The van der Waals surface area contributed by atoms with E-state index in [0.29, 0.717) is 12.1 Å². The van der Waals surface area contributed by atoms with E-state index in [1.165, 1.54) is 10.5 Å². The van der Waals surface area contributed by atoms with E-state index < -0.39 is 0 Å². The number of hydrogen-bond donors (Lipinski definition) is 0. The molecule has 22 heavy (non-hydrogen) atoms. The Balaban J connectivity index is 1.86. The van der Waals surface area contributed by atoms with Crippen molar-refractivity contribution >= 4 is 17.5 Å². The second-order valence-corrected chi connectivity index (χ2v) is 5.93. The van der Waals surface area contributed by atoms with Crippen molar-refractivity contribution in [2.24, 2.45) is 11.8 Å². The Morgan fingerprint density at radius 2 is 1.55 bits per heavy atom. The first kappa shape index (κ1) is 14.5. The molecule has 0 aromatic heterocycles. The van der Waals surface area contributed by atoms with Crippen molar-refractivity contribution < 1.29 is 9.59 Å². The average Bonchev–Trinajstić information content (AvgIpc) is 2.74. The van der Waals surface area contributed by atoms with Crippen LogP contribution in [0.1, 0.15) is 18.1 Å². The maximum Gasteiger partial charge on any atom is 0.238 e. The largest absolute Gasteiger partial charge is 0.274 e. The number of carbonyl (C=O) groups excluding carboxylic acids is 2. The molecule has 0 unspecified atom stereocenters. The Morgan fingerprint density at radius 1 is 0.909 bits per heavy atom. The van der Waals surface area contributed by atoms with Crippen molar-refractivity contribution in [3.63, 3.8) is 0 Å². The monoisotopic (exact) mass is 293 g/mol.